The molecule has 0 aliphatic rings. The highest BCUT2D eigenvalue weighted by Crippen LogP contribution is 2.33. The smallest absolute Gasteiger partial charge is 0.144 e. The molecule has 0 amide bonds. The highest BCUT2D eigenvalue weighted by atomic mass is 79.9. The summed E-state index contributed by atoms with van der Waals surface area (Å²) in [6, 6.07) is 6.85. The van der Waals surface area contributed by atoms with Crippen LogP contribution in [0.25, 0.3) is 0 Å². The van der Waals surface area contributed by atoms with Crippen LogP contribution in [-0.2, 0) is 0 Å². The number of aliphatic imine (C=N–C) groups is 1. The van der Waals surface area contributed by atoms with Crippen LogP contribution in [-0.4, -0.2) is 16.4 Å². The SMILES string of the molecule is Cc1cc(C)c(O)c(N=Cc2cc(Cl)cc(Br)c2O)c1. The van der Waals surface area contributed by atoms with Crippen molar-refractivity contribution < 1.29 is 10.2 Å². The zero-order chi connectivity index (χ0) is 14.9. The molecule has 0 heterocycles. The number of halogens is 2. The van der Waals surface area contributed by atoms with Gasteiger partial charge in [-0.25, -0.2) is 0 Å². The molecule has 0 bridgehead atoms. The van der Waals surface area contributed by atoms with Crippen molar-refractivity contribution in [1.82, 2.24) is 0 Å². The first-order valence-electron chi connectivity index (χ1n) is 5.91. The van der Waals surface area contributed by atoms with Gasteiger partial charge < -0.3 is 10.2 Å². The lowest BCUT2D eigenvalue weighted by Crippen LogP contribution is -1.85. The summed E-state index contributed by atoms with van der Waals surface area (Å²) in [6.07, 6.45) is 1.47. The molecule has 0 spiro atoms. The topological polar surface area (TPSA) is 52.8 Å². The number of phenolic OH excluding ortho intramolecular Hbond substituents is 2. The molecule has 2 aromatic rings. The molecule has 20 heavy (non-hydrogen) atoms. The summed E-state index contributed by atoms with van der Waals surface area (Å²) in [7, 11) is 0. The van der Waals surface area contributed by atoms with E-state index in [0.717, 1.165) is 11.1 Å². The first-order valence-corrected chi connectivity index (χ1v) is 7.08. The van der Waals surface area contributed by atoms with E-state index in [2.05, 4.69) is 20.9 Å². The fourth-order valence-electron chi connectivity index (χ4n) is 1.86. The van der Waals surface area contributed by atoms with E-state index in [-0.39, 0.29) is 11.5 Å². The maximum Gasteiger partial charge on any atom is 0.144 e. The summed E-state index contributed by atoms with van der Waals surface area (Å²) in [5.41, 5.74) is 2.69. The van der Waals surface area contributed by atoms with E-state index in [0.29, 0.717) is 20.7 Å². The first kappa shape index (κ1) is 14.9. The second-order valence-electron chi connectivity index (χ2n) is 4.53. The van der Waals surface area contributed by atoms with Crippen molar-refractivity contribution in [3.05, 3.63) is 50.5 Å². The zero-order valence-electron chi connectivity index (χ0n) is 11.0. The summed E-state index contributed by atoms with van der Waals surface area (Å²) in [5.74, 6) is 0.189. The van der Waals surface area contributed by atoms with Gasteiger partial charge in [0, 0.05) is 16.8 Å². The largest absolute Gasteiger partial charge is 0.506 e. The molecule has 2 rings (SSSR count). The Morgan fingerprint density at radius 2 is 1.80 bits per heavy atom. The quantitative estimate of drug-likeness (QED) is 0.755. The lowest BCUT2D eigenvalue weighted by molar-refractivity contribution is 0.470. The Bertz CT molecular complexity index is 639. The summed E-state index contributed by atoms with van der Waals surface area (Å²) in [5, 5.41) is 20.4. The van der Waals surface area contributed by atoms with Crippen LogP contribution in [0, 0.1) is 13.8 Å². The highest BCUT2D eigenvalue weighted by molar-refractivity contribution is 9.10. The zero-order valence-corrected chi connectivity index (χ0v) is 13.3. The Hall–Kier alpha value is -1.52. The van der Waals surface area contributed by atoms with Crippen molar-refractivity contribution in [1.29, 1.82) is 0 Å². The average molecular weight is 355 g/mol. The minimum atomic E-state index is 0.0574. The third kappa shape index (κ3) is 3.14. The number of nitrogens with zero attached hydrogens (tertiary/aromatic N) is 1. The minimum Gasteiger partial charge on any atom is -0.506 e. The number of benzene rings is 2. The van der Waals surface area contributed by atoms with E-state index in [4.69, 9.17) is 11.6 Å². The maximum atomic E-state index is 9.97. The number of phenols is 2. The minimum absolute atomic E-state index is 0.0574. The van der Waals surface area contributed by atoms with Gasteiger partial charge in [-0.3, -0.25) is 4.99 Å². The van der Waals surface area contributed by atoms with E-state index in [9.17, 15) is 10.2 Å². The molecule has 0 saturated carbocycles. The molecule has 2 N–H and O–H groups in total. The van der Waals surface area contributed by atoms with Gasteiger partial charge in [0.1, 0.15) is 17.2 Å². The molecule has 104 valence electrons. The van der Waals surface area contributed by atoms with Crippen LogP contribution in [0.15, 0.2) is 33.7 Å². The van der Waals surface area contributed by atoms with Crippen LogP contribution in [0.1, 0.15) is 16.7 Å². The van der Waals surface area contributed by atoms with Gasteiger partial charge in [-0.15, -0.1) is 0 Å². The van der Waals surface area contributed by atoms with E-state index in [1.165, 1.54) is 6.21 Å². The van der Waals surface area contributed by atoms with E-state index < -0.39 is 0 Å². The predicted octanol–water partition coefficient (Wildman–Crippen LogP) is 4.88. The molecular weight excluding hydrogens is 342 g/mol. The number of rotatable bonds is 2. The molecule has 0 radical (unpaired) electrons. The third-order valence-corrected chi connectivity index (χ3v) is 3.65. The van der Waals surface area contributed by atoms with Crippen LogP contribution in [0.5, 0.6) is 11.5 Å². The molecular formula is C15H13BrClNO2. The Labute approximate surface area is 130 Å². The monoisotopic (exact) mass is 353 g/mol. The summed E-state index contributed by atoms with van der Waals surface area (Å²) < 4.78 is 0.496. The van der Waals surface area contributed by atoms with Gasteiger partial charge in [0.2, 0.25) is 0 Å². The standard InChI is InChI=1S/C15H13BrClNO2/c1-8-3-9(2)14(19)13(4-8)18-7-10-5-11(17)6-12(16)15(10)20/h3-7,19-20H,1-2H3. The van der Waals surface area contributed by atoms with Gasteiger partial charge in [0.05, 0.1) is 4.47 Å². The van der Waals surface area contributed by atoms with E-state index in [1.54, 1.807) is 18.2 Å². The normalized spacial score (nSPS) is 11.2. The maximum absolute atomic E-state index is 9.97. The van der Waals surface area contributed by atoms with E-state index >= 15 is 0 Å². The van der Waals surface area contributed by atoms with E-state index in [1.807, 2.05) is 19.9 Å². The van der Waals surface area contributed by atoms with Gasteiger partial charge in [-0.2, -0.15) is 0 Å². The highest BCUT2D eigenvalue weighted by Gasteiger charge is 2.07. The third-order valence-electron chi connectivity index (χ3n) is 2.83. The number of hydrogen-bond acceptors (Lipinski definition) is 3. The van der Waals surface area contributed by atoms with Crippen LogP contribution in [0.3, 0.4) is 0 Å². The average Bonchev–Trinajstić information content (AvgIpc) is 2.37. The van der Waals surface area contributed by atoms with Crippen molar-refractivity contribution in [2.75, 3.05) is 0 Å². The fourth-order valence-corrected chi connectivity index (χ4v) is 2.69. The number of aromatic hydroxyl groups is 2. The Kier molecular flexibility index (Phi) is 4.35. The summed E-state index contributed by atoms with van der Waals surface area (Å²) in [6.45, 7) is 3.74. The molecule has 2 aromatic carbocycles. The molecule has 0 saturated heterocycles. The molecule has 0 aliphatic carbocycles. The Morgan fingerprint density at radius 1 is 1.10 bits per heavy atom. The molecule has 3 nitrogen and oxygen atoms in total. The molecule has 0 unspecified atom stereocenters. The van der Waals surface area contributed by atoms with Gasteiger partial charge in [-0.1, -0.05) is 17.7 Å². The van der Waals surface area contributed by atoms with Gasteiger partial charge in [0.25, 0.3) is 0 Å². The van der Waals surface area contributed by atoms with Crippen LogP contribution in [0.4, 0.5) is 5.69 Å². The van der Waals surface area contributed by atoms with Crippen LogP contribution < -0.4 is 0 Å². The molecule has 0 fully saturated rings. The van der Waals surface area contributed by atoms with Crippen LogP contribution in [0.2, 0.25) is 5.02 Å². The first-order chi connectivity index (χ1) is 9.38. The van der Waals surface area contributed by atoms with Gasteiger partial charge >= 0.3 is 0 Å². The van der Waals surface area contributed by atoms with Crippen molar-refractivity contribution in [3.63, 3.8) is 0 Å². The summed E-state index contributed by atoms with van der Waals surface area (Å²) in [4.78, 5) is 4.23. The van der Waals surface area contributed by atoms with Crippen molar-refractivity contribution in [2.24, 2.45) is 4.99 Å². The number of aryl methyl sites for hydroxylation is 2. The number of hydrogen-bond donors (Lipinski definition) is 2. The van der Waals surface area contributed by atoms with Crippen molar-refractivity contribution in [3.8, 4) is 11.5 Å². The lowest BCUT2D eigenvalue weighted by Gasteiger charge is -2.06. The van der Waals surface area contributed by atoms with Crippen molar-refractivity contribution in [2.45, 2.75) is 13.8 Å². The van der Waals surface area contributed by atoms with Crippen LogP contribution >= 0.6 is 27.5 Å². The predicted molar refractivity (Wildman–Crippen MR) is 85.7 cm³/mol. The fraction of sp³-hybridized carbons (Fsp3) is 0.133. The van der Waals surface area contributed by atoms with Gasteiger partial charge in [-0.05, 0) is 59.1 Å². The van der Waals surface area contributed by atoms with Crippen molar-refractivity contribution >= 4 is 39.4 Å². The second-order valence-corrected chi connectivity index (χ2v) is 5.82. The Balaban J connectivity index is 2.45. The molecule has 5 heteroatoms. The lowest BCUT2D eigenvalue weighted by atomic mass is 10.1. The summed E-state index contributed by atoms with van der Waals surface area (Å²) >= 11 is 9.15. The van der Waals surface area contributed by atoms with Gasteiger partial charge in [0.15, 0.2) is 0 Å². The Morgan fingerprint density at radius 3 is 2.50 bits per heavy atom. The molecule has 0 aromatic heterocycles. The molecule has 0 aliphatic heterocycles. The molecule has 0 atom stereocenters. The second kappa shape index (κ2) is 5.85.